The van der Waals surface area contributed by atoms with Gasteiger partial charge in [-0.05, 0) is 42.8 Å². The summed E-state index contributed by atoms with van der Waals surface area (Å²) in [7, 11) is 0. The Labute approximate surface area is 124 Å². The summed E-state index contributed by atoms with van der Waals surface area (Å²) < 4.78 is 0. The van der Waals surface area contributed by atoms with Crippen LogP contribution in [0.25, 0.3) is 0 Å². The van der Waals surface area contributed by atoms with Gasteiger partial charge in [0, 0.05) is 12.1 Å². The number of nitrogens with zero attached hydrogens (tertiary/aromatic N) is 1. The normalized spacial score (nSPS) is 22.7. The summed E-state index contributed by atoms with van der Waals surface area (Å²) >= 11 is 0. The average molecular weight is 274 g/mol. The lowest BCUT2D eigenvalue weighted by molar-refractivity contribution is 0.0602. The number of piperidine rings is 1. The van der Waals surface area contributed by atoms with Gasteiger partial charge in [0.15, 0.2) is 0 Å². The van der Waals surface area contributed by atoms with Gasteiger partial charge in [0.1, 0.15) is 0 Å². The van der Waals surface area contributed by atoms with E-state index in [0.29, 0.717) is 17.4 Å². The van der Waals surface area contributed by atoms with Gasteiger partial charge >= 0.3 is 0 Å². The van der Waals surface area contributed by atoms with Crippen molar-refractivity contribution in [3.8, 4) is 0 Å². The Kier molecular flexibility index (Phi) is 4.87. The molecule has 0 spiro atoms. The number of likely N-dealkylation sites (tertiary alicyclic amines) is 1. The van der Waals surface area contributed by atoms with Gasteiger partial charge < -0.3 is 5.73 Å². The summed E-state index contributed by atoms with van der Waals surface area (Å²) in [6.07, 6.45) is 2.55. The maximum Gasteiger partial charge on any atom is 0.0455 e. The summed E-state index contributed by atoms with van der Waals surface area (Å²) in [6, 6.07) is 11.1. The highest BCUT2D eigenvalue weighted by Crippen LogP contribution is 2.34. The molecule has 2 atom stereocenters. The van der Waals surface area contributed by atoms with E-state index in [4.69, 9.17) is 5.73 Å². The topological polar surface area (TPSA) is 29.3 Å². The van der Waals surface area contributed by atoms with Gasteiger partial charge in [-0.25, -0.2) is 0 Å². The van der Waals surface area contributed by atoms with Gasteiger partial charge in [0.2, 0.25) is 0 Å². The van der Waals surface area contributed by atoms with Crippen molar-refractivity contribution in [3.63, 3.8) is 0 Å². The van der Waals surface area contributed by atoms with Crippen LogP contribution in [0.5, 0.6) is 0 Å². The summed E-state index contributed by atoms with van der Waals surface area (Å²) in [6.45, 7) is 11.7. The fourth-order valence-electron chi connectivity index (χ4n) is 3.36. The lowest BCUT2D eigenvalue weighted by Crippen LogP contribution is -2.50. The van der Waals surface area contributed by atoms with E-state index in [2.05, 4.69) is 62.9 Å². The average Bonchev–Trinajstić information content (AvgIpc) is 2.41. The Bertz CT molecular complexity index is 401. The molecule has 2 rings (SSSR count). The van der Waals surface area contributed by atoms with E-state index in [-0.39, 0.29) is 6.04 Å². The van der Waals surface area contributed by atoms with Crippen LogP contribution in [0, 0.1) is 11.3 Å². The summed E-state index contributed by atoms with van der Waals surface area (Å²) in [5, 5.41) is 0. The second kappa shape index (κ2) is 6.28. The largest absolute Gasteiger partial charge is 0.323 e. The van der Waals surface area contributed by atoms with Crippen molar-refractivity contribution in [2.75, 3.05) is 13.1 Å². The standard InChI is InChI=1S/C18H30N2/c1-14(2)17(16(19)15-8-6-5-7-9-15)20-12-10-18(3,4)11-13-20/h5-9,14,16-17H,10-13,19H2,1-4H3. The fraction of sp³-hybridized carbons (Fsp3) is 0.667. The monoisotopic (exact) mass is 274 g/mol. The number of hydrogen-bond acceptors (Lipinski definition) is 2. The first kappa shape index (κ1) is 15.5. The molecule has 1 saturated heterocycles. The molecule has 1 heterocycles. The zero-order valence-electron chi connectivity index (χ0n) is 13.5. The van der Waals surface area contributed by atoms with Crippen molar-refractivity contribution < 1.29 is 0 Å². The highest BCUT2D eigenvalue weighted by molar-refractivity contribution is 5.20. The molecule has 0 aliphatic carbocycles. The quantitative estimate of drug-likeness (QED) is 0.904. The molecule has 0 amide bonds. The Hall–Kier alpha value is -0.860. The third-order valence-corrected chi connectivity index (χ3v) is 4.81. The Morgan fingerprint density at radius 2 is 1.60 bits per heavy atom. The third-order valence-electron chi connectivity index (χ3n) is 4.81. The lowest BCUT2D eigenvalue weighted by atomic mass is 9.80. The summed E-state index contributed by atoms with van der Waals surface area (Å²) in [5.41, 5.74) is 8.35. The number of nitrogens with two attached hydrogens (primary N) is 1. The van der Waals surface area contributed by atoms with Gasteiger partial charge in [-0.2, -0.15) is 0 Å². The molecular formula is C18H30N2. The predicted octanol–water partition coefficient (Wildman–Crippen LogP) is 3.83. The van der Waals surface area contributed by atoms with Crippen molar-refractivity contribution in [3.05, 3.63) is 35.9 Å². The molecule has 0 bridgehead atoms. The van der Waals surface area contributed by atoms with E-state index < -0.39 is 0 Å². The zero-order valence-corrected chi connectivity index (χ0v) is 13.5. The second-order valence-corrected chi connectivity index (χ2v) is 7.37. The molecule has 2 heteroatoms. The molecular weight excluding hydrogens is 244 g/mol. The molecule has 1 aliphatic rings. The van der Waals surface area contributed by atoms with Gasteiger partial charge in [-0.15, -0.1) is 0 Å². The number of benzene rings is 1. The van der Waals surface area contributed by atoms with Crippen LogP contribution in [0.15, 0.2) is 30.3 Å². The molecule has 2 nitrogen and oxygen atoms in total. The first-order valence-electron chi connectivity index (χ1n) is 7.95. The van der Waals surface area contributed by atoms with E-state index in [9.17, 15) is 0 Å². The van der Waals surface area contributed by atoms with Crippen LogP contribution in [-0.4, -0.2) is 24.0 Å². The molecule has 1 fully saturated rings. The summed E-state index contributed by atoms with van der Waals surface area (Å²) in [4.78, 5) is 2.62. The molecule has 0 radical (unpaired) electrons. The third kappa shape index (κ3) is 3.62. The molecule has 0 aromatic heterocycles. The highest BCUT2D eigenvalue weighted by atomic mass is 15.2. The first-order chi connectivity index (χ1) is 9.41. The Morgan fingerprint density at radius 3 is 2.10 bits per heavy atom. The number of hydrogen-bond donors (Lipinski definition) is 1. The maximum absolute atomic E-state index is 6.60. The number of rotatable bonds is 4. The molecule has 20 heavy (non-hydrogen) atoms. The van der Waals surface area contributed by atoms with Gasteiger partial charge in [0.05, 0.1) is 0 Å². The van der Waals surface area contributed by atoms with Crippen LogP contribution in [0.1, 0.15) is 52.1 Å². The van der Waals surface area contributed by atoms with Crippen LogP contribution < -0.4 is 5.73 Å². The van der Waals surface area contributed by atoms with E-state index >= 15 is 0 Å². The fourth-order valence-corrected chi connectivity index (χ4v) is 3.36. The van der Waals surface area contributed by atoms with E-state index in [1.54, 1.807) is 0 Å². The van der Waals surface area contributed by atoms with Crippen LogP contribution in [0.4, 0.5) is 0 Å². The van der Waals surface area contributed by atoms with E-state index in [1.165, 1.54) is 31.5 Å². The second-order valence-electron chi connectivity index (χ2n) is 7.37. The smallest absolute Gasteiger partial charge is 0.0455 e. The molecule has 0 saturated carbocycles. The van der Waals surface area contributed by atoms with Crippen LogP contribution >= 0.6 is 0 Å². The van der Waals surface area contributed by atoms with Crippen molar-refractivity contribution in [1.82, 2.24) is 4.90 Å². The SMILES string of the molecule is CC(C)C(C(N)c1ccccc1)N1CCC(C)(C)CC1. The van der Waals surface area contributed by atoms with Crippen molar-refractivity contribution in [2.45, 2.75) is 52.6 Å². The highest BCUT2D eigenvalue weighted by Gasteiger charge is 2.33. The van der Waals surface area contributed by atoms with Crippen molar-refractivity contribution >= 4 is 0 Å². The van der Waals surface area contributed by atoms with Crippen LogP contribution in [0.3, 0.4) is 0 Å². The van der Waals surface area contributed by atoms with Gasteiger partial charge in [0.25, 0.3) is 0 Å². The molecule has 112 valence electrons. The molecule has 2 unspecified atom stereocenters. The minimum Gasteiger partial charge on any atom is -0.323 e. The lowest BCUT2D eigenvalue weighted by Gasteiger charge is -2.44. The predicted molar refractivity (Wildman–Crippen MR) is 86.6 cm³/mol. The maximum atomic E-state index is 6.60. The Morgan fingerprint density at radius 1 is 1.05 bits per heavy atom. The molecule has 2 N–H and O–H groups in total. The van der Waals surface area contributed by atoms with Crippen molar-refractivity contribution in [2.24, 2.45) is 17.1 Å². The minimum atomic E-state index is 0.109. The Balaban J connectivity index is 2.12. The van der Waals surface area contributed by atoms with Crippen molar-refractivity contribution in [1.29, 1.82) is 0 Å². The van der Waals surface area contributed by atoms with Gasteiger partial charge in [-0.3, -0.25) is 4.90 Å². The van der Waals surface area contributed by atoms with Crippen LogP contribution in [-0.2, 0) is 0 Å². The minimum absolute atomic E-state index is 0.109. The first-order valence-corrected chi connectivity index (χ1v) is 7.95. The van der Waals surface area contributed by atoms with Crippen LogP contribution in [0.2, 0.25) is 0 Å². The van der Waals surface area contributed by atoms with Gasteiger partial charge in [-0.1, -0.05) is 58.0 Å². The molecule has 1 aromatic carbocycles. The zero-order chi connectivity index (χ0) is 14.8. The molecule has 1 aromatic rings. The van der Waals surface area contributed by atoms with E-state index in [0.717, 1.165) is 0 Å². The molecule has 1 aliphatic heterocycles. The summed E-state index contributed by atoms with van der Waals surface area (Å²) in [5.74, 6) is 0.575. The van der Waals surface area contributed by atoms with E-state index in [1.807, 2.05) is 0 Å².